The highest BCUT2D eigenvalue weighted by Gasteiger charge is 2.15. The fraction of sp³-hybridized carbons (Fsp3) is 0.0556. The number of aromatic nitrogens is 2. The molecule has 0 fully saturated rings. The highest BCUT2D eigenvalue weighted by Crippen LogP contribution is 2.30. The van der Waals surface area contributed by atoms with Gasteiger partial charge in [-0.1, -0.05) is 77.4 Å². The lowest BCUT2D eigenvalue weighted by molar-refractivity contribution is 0.966. The zero-order valence-electron chi connectivity index (χ0n) is 12.4. The van der Waals surface area contributed by atoms with E-state index < -0.39 is 0 Å². The first-order chi connectivity index (χ1) is 11.7. The lowest BCUT2D eigenvalue weighted by atomic mass is 10.1. The molecule has 118 valence electrons. The Labute approximate surface area is 154 Å². The van der Waals surface area contributed by atoms with E-state index in [1.165, 1.54) is 17.3 Å². The van der Waals surface area contributed by atoms with Gasteiger partial charge in [0, 0.05) is 16.3 Å². The van der Waals surface area contributed by atoms with Crippen molar-refractivity contribution < 1.29 is 0 Å². The summed E-state index contributed by atoms with van der Waals surface area (Å²) in [6.45, 7) is 0. The van der Waals surface area contributed by atoms with E-state index in [9.17, 15) is 5.26 Å². The first-order valence-electron chi connectivity index (χ1n) is 7.07. The van der Waals surface area contributed by atoms with Gasteiger partial charge in [-0.05, 0) is 17.7 Å². The summed E-state index contributed by atoms with van der Waals surface area (Å²) < 4.78 is 0. The first kappa shape index (κ1) is 16.8. The van der Waals surface area contributed by atoms with Crippen molar-refractivity contribution >= 4 is 35.0 Å². The monoisotopic (exact) mass is 371 g/mol. The van der Waals surface area contributed by atoms with Crippen LogP contribution >= 0.6 is 35.0 Å². The second-order valence-electron chi connectivity index (χ2n) is 4.91. The molecule has 0 radical (unpaired) electrons. The van der Waals surface area contributed by atoms with E-state index in [2.05, 4.69) is 16.0 Å². The molecule has 1 aromatic heterocycles. The molecule has 0 bridgehead atoms. The van der Waals surface area contributed by atoms with Gasteiger partial charge in [0.25, 0.3) is 0 Å². The lowest BCUT2D eigenvalue weighted by Gasteiger charge is -2.08. The number of benzene rings is 2. The van der Waals surface area contributed by atoms with E-state index in [4.69, 9.17) is 23.2 Å². The van der Waals surface area contributed by atoms with Gasteiger partial charge >= 0.3 is 0 Å². The Morgan fingerprint density at radius 2 is 1.67 bits per heavy atom. The third kappa shape index (κ3) is 3.88. The summed E-state index contributed by atoms with van der Waals surface area (Å²) in [7, 11) is 0. The van der Waals surface area contributed by atoms with Gasteiger partial charge < -0.3 is 0 Å². The van der Waals surface area contributed by atoms with Crippen LogP contribution in [0.2, 0.25) is 10.2 Å². The van der Waals surface area contributed by atoms with Crippen molar-refractivity contribution in [1.82, 2.24) is 9.97 Å². The Kier molecular flexibility index (Phi) is 5.37. The van der Waals surface area contributed by atoms with E-state index in [0.717, 1.165) is 11.3 Å². The Hall–Kier alpha value is -2.06. The number of halogens is 2. The van der Waals surface area contributed by atoms with Gasteiger partial charge in [-0.2, -0.15) is 5.26 Å². The summed E-state index contributed by atoms with van der Waals surface area (Å²) in [5.74, 6) is 0.725. The maximum absolute atomic E-state index is 9.37. The minimum Gasteiger partial charge on any atom is -0.221 e. The average Bonchev–Trinajstić information content (AvgIpc) is 2.61. The third-order valence-corrected chi connectivity index (χ3v) is 4.73. The van der Waals surface area contributed by atoms with Crippen LogP contribution in [0.15, 0.2) is 59.8 Å². The zero-order chi connectivity index (χ0) is 16.9. The fourth-order valence-electron chi connectivity index (χ4n) is 2.12. The topological polar surface area (TPSA) is 49.6 Å². The van der Waals surface area contributed by atoms with Crippen molar-refractivity contribution in [3.8, 4) is 17.3 Å². The van der Waals surface area contributed by atoms with Gasteiger partial charge in [-0.3, -0.25) is 0 Å². The smallest absolute Gasteiger partial charge is 0.189 e. The number of thioether (sulfide) groups is 1. The zero-order valence-corrected chi connectivity index (χ0v) is 14.7. The summed E-state index contributed by atoms with van der Waals surface area (Å²) >= 11 is 13.6. The van der Waals surface area contributed by atoms with Gasteiger partial charge in [0.15, 0.2) is 10.3 Å². The Morgan fingerprint density at radius 1 is 0.958 bits per heavy atom. The Balaban J connectivity index is 1.94. The molecule has 2 aromatic carbocycles. The molecule has 0 aliphatic rings. The lowest BCUT2D eigenvalue weighted by Crippen LogP contribution is -1.97. The molecule has 0 aliphatic carbocycles. The minimum absolute atomic E-state index is 0.160. The third-order valence-electron chi connectivity index (χ3n) is 3.28. The van der Waals surface area contributed by atoms with E-state index in [1.807, 2.05) is 42.5 Å². The molecule has 24 heavy (non-hydrogen) atoms. The van der Waals surface area contributed by atoms with Crippen molar-refractivity contribution in [1.29, 1.82) is 5.26 Å². The van der Waals surface area contributed by atoms with Crippen LogP contribution in [0.25, 0.3) is 11.3 Å². The van der Waals surface area contributed by atoms with E-state index in [0.29, 0.717) is 15.9 Å². The van der Waals surface area contributed by atoms with Crippen LogP contribution < -0.4 is 0 Å². The molecule has 0 saturated heterocycles. The van der Waals surface area contributed by atoms with Crippen molar-refractivity contribution in [3.05, 3.63) is 75.9 Å². The molecule has 3 nitrogen and oxygen atoms in total. The second-order valence-corrected chi connectivity index (χ2v) is 6.65. The van der Waals surface area contributed by atoms with Crippen molar-refractivity contribution in [2.45, 2.75) is 10.9 Å². The normalized spacial score (nSPS) is 10.4. The molecule has 0 saturated carbocycles. The van der Waals surface area contributed by atoms with Crippen LogP contribution in [0.3, 0.4) is 0 Å². The molecule has 0 N–H and O–H groups in total. The van der Waals surface area contributed by atoms with E-state index in [1.54, 1.807) is 12.1 Å². The van der Waals surface area contributed by atoms with E-state index in [-0.39, 0.29) is 10.7 Å². The van der Waals surface area contributed by atoms with Gasteiger partial charge in [-0.25, -0.2) is 9.97 Å². The Bertz CT molecular complexity index is 891. The maximum Gasteiger partial charge on any atom is 0.189 e. The molecule has 0 unspecified atom stereocenters. The molecule has 3 aromatic rings. The van der Waals surface area contributed by atoms with Crippen LogP contribution in [0, 0.1) is 11.3 Å². The molecule has 1 heterocycles. The second kappa shape index (κ2) is 7.67. The highest BCUT2D eigenvalue weighted by molar-refractivity contribution is 7.98. The van der Waals surface area contributed by atoms with Crippen LogP contribution in [0.1, 0.15) is 11.1 Å². The molecular formula is C18H11Cl2N3S. The predicted molar refractivity (Wildman–Crippen MR) is 98.2 cm³/mol. The highest BCUT2D eigenvalue weighted by atomic mass is 35.5. The minimum atomic E-state index is 0.160. The molecule has 3 rings (SSSR count). The molecular weight excluding hydrogens is 361 g/mol. The summed E-state index contributed by atoms with van der Waals surface area (Å²) in [6.07, 6.45) is 0. The van der Waals surface area contributed by atoms with Gasteiger partial charge in [0.2, 0.25) is 0 Å². The van der Waals surface area contributed by atoms with Crippen LogP contribution in [0.4, 0.5) is 0 Å². The summed E-state index contributed by atoms with van der Waals surface area (Å²) in [5.41, 5.74) is 2.73. The molecule has 6 heteroatoms. The molecule has 0 spiro atoms. The quantitative estimate of drug-likeness (QED) is 0.339. The summed E-state index contributed by atoms with van der Waals surface area (Å²) in [6, 6.07) is 19.2. The van der Waals surface area contributed by atoms with Gasteiger partial charge in [0.05, 0.1) is 5.69 Å². The fourth-order valence-corrected chi connectivity index (χ4v) is 3.30. The van der Waals surface area contributed by atoms with Crippen LogP contribution in [-0.4, -0.2) is 9.97 Å². The number of nitrogens with zero attached hydrogens (tertiary/aromatic N) is 3. The summed E-state index contributed by atoms with van der Waals surface area (Å²) in [4.78, 5) is 8.75. The van der Waals surface area contributed by atoms with Crippen molar-refractivity contribution in [2.75, 3.05) is 0 Å². The Morgan fingerprint density at radius 3 is 2.33 bits per heavy atom. The predicted octanol–water partition coefficient (Wildman–Crippen LogP) is 5.61. The molecule has 0 aliphatic heterocycles. The van der Waals surface area contributed by atoms with Crippen molar-refractivity contribution in [3.63, 3.8) is 0 Å². The van der Waals surface area contributed by atoms with Crippen LogP contribution in [-0.2, 0) is 5.75 Å². The number of nitriles is 1. The molecule has 0 amide bonds. The largest absolute Gasteiger partial charge is 0.221 e. The van der Waals surface area contributed by atoms with E-state index >= 15 is 0 Å². The number of rotatable bonds is 4. The number of hydrogen-bond donors (Lipinski definition) is 0. The molecule has 0 atom stereocenters. The maximum atomic E-state index is 9.37. The summed E-state index contributed by atoms with van der Waals surface area (Å²) in [5, 5.41) is 10.7. The average molecular weight is 372 g/mol. The van der Waals surface area contributed by atoms with Gasteiger partial charge in [-0.15, -0.1) is 0 Å². The standard InChI is InChI=1S/C18H11Cl2N3S/c19-14-8-6-13(7-9-14)16-15(10-21)17(20)23-18(22-16)24-11-12-4-2-1-3-5-12/h1-9H,11H2. The van der Waals surface area contributed by atoms with Crippen LogP contribution in [0.5, 0.6) is 0 Å². The number of hydrogen-bond acceptors (Lipinski definition) is 4. The van der Waals surface area contributed by atoms with Crippen molar-refractivity contribution in [2.24, 2.45) is 0 Å². The SMILES string of the molecule is N#Cc1c(Cl)nc(SCc2ccccc2)nc1-c1ccc(Cl)cc1. The van der Waals surface area contributed by atoms with Gasteiger partial charge in [0.1, 0.15) is 11.6 Å². The first-order valence-corrected chi connectivity index (χ1v) is 8.82.